The van der Waals surface area contributed by atoms with Crippen molar-refractivity contribution >= 4 is 0 Å². The summed E-state index contributed by atoms with van der Waals surface area (Å²) < 4.78 is 0. The molecule has 3 nitrogen and oxygen atoms in total. The molecule has 1 aliphatic carbocycles. The molecule has 2 fully saturated rings. The van der Waals surface area contributed by atoms with Crippen LogP contribution in [0.5, 0.6) is 0 Å². The van der Waals surface area contributed by atoms with Gasteiger partial charge in [-0.3, -0.25) is 0 Å². The molecule has 18 heavy (non-hydrogen) atoms. The molecule has 1 saturated carbocycles. The fourth-order valence-corrected chi connectivity index (χ4v) is 3.62. The number of aliphatic hydroxyl groups is 1. The van der Waals surface area contributed by atoms with E-state index in [9.17, 15) is 5.11 Å². The van der Waals surface area contributed by atoms with Gasteiger partial charge in [-0.1, -0.05) is 19.3 Å². The number of likely N-dealkylation sites (N-methyl/N-ethyl adjacent to an activating group) is 1. The first-order chi connectivity index (χ1) is 8.57. The molecule has 0 unspecified atom stereocenters. The molecule has 0 aromatic rings. The number of piperidine rings is 1. The summed E-state index contributed by atoms with van der Waals surface area (Å²) in [6.45, 7) is 4.51. The van der Waals surface area contributed by atoms with Crippen LogP contribution in [0.4, 0.5) is 0 Å². The molecule has 0 aromatic carbocycles. The summed E-state index contributed by atoms with van der Waals surface area (Å²) in [6.07, 6.45) is 8.37. The summed E-state index contributed by atoms with van der Waals surface area (Å²) in [7, 11) is 4.40. The van der Waals surface area contributed by atoms with Gasteiger partial charge >= 0.3 is 0 Å². The van der Waals surface area contributed by atoms with Gasteiger partial charge in [-0.25, -0.2) is 0 Å². The molecule has 3 heteroatoms. The highest BCUT2D eigenvalue weighted by atomic mass is 16.3. The van der Waals surface area contributed by atoms with Crippen LogP contribution in [-0.4, -0.2) is 60.8 Å². The Balaban J connectivity index is 1.72. The molecule has 1 N–H and O–H groups in total. The highest BCUT2D eigenvalue weighted by Gasteiger charge is 2.31. The van der Waals surface area contributed by atoms with E-state index < -0.39 is 5.60 Å². The standard InChI is InChI=1S/C15H30N2O/c1-16-10-6-14(7-11-16)12-17(2)13-15(18)8-4-3-5-9-15/h14,18H,3-13H2,1-2H3. The number of hydrogen-bond donors (Lipinski definition) is 1. The predicted molar refractivity (Wildman–Crippen MR) is 75.8 cm³/mol. The Labute approximate surface area is 112 Å². The van der Waals surface area contributed by atoms with E-state index in [0.717, 1.165) is 31.8 Å². The normalized spacial score (nSPS) is 26.7. The Morgan fingerprint density at radius 3 is 2.39 bits per heavy atom. The zero-order valence-corrected chi connectivity index (χ0v) is 12.2. The molecule has 1 saturated heterocycles. The monoisotopic (exact) mass is 254 g/mol. The topological polar surface area (TPSA) is 26.7 Å². The van der Waals surface area contributed by atoms with E-state index in [-0.39, 0.29) is 0 Å². The van der Waals surface area contributed by atoms with Crippen LogP contribution in [-0.2, 0) is 0 Å². The van der Waals surface area contributed by atoms with Crippen LogP contribution in [0.2, 0.25) is 0 Å². The van der Waals surface area contributed by atoms with Crippen molar-refractivity contribution in [3.05, 3.63) is 0 Å². The largest absolute Gasteiger partial charge is 0.389 e. The van der Waals surface area contributed by atoms with Crippen LogP contribution in [0.3, 0.4) is 0 Å². The Hall–Kier alpha value is -0.120. The van der Waals surface area contributed by atoms with Crippen molar-refractivity contribution in [2.45, 2.75) is 50.5 Å². The molecule has 106 valence electrons. The summed E-state index contributed by atoms with van der Waals surface area (Å²) >= 11 is 0. The van der Waals surface area contributed by atoms with E-state index in [0.29, 0.717) is 0 Å². The number of hydrogen-bond acceptors (Lipinski definition) is 3. The Bertz CT molecular complexity index is 243. The summed E-state index contributed by atoms with van der Waals surface area (Å²) in [5, 5.41) is 10.6. The molecule has 0 spiro atoms. The van der Waals surface area contributed by atoms with Gasteiger partial charge in [0.05, 0.1) is 5.60 Å². The maximum Gasteiger partial charge on any atom is 0.0774 e. The van der Waals surface area contributed by atoms with E-state index in [1.807, 2.05) is 0 Å². The number of rotatable bonds is 4. The van der Waals surface area contributed by atoms with Gasteiger partial charge < -0.3 is 14.9 Å². The highest BCUT2D eigenvalue weighted by molar-refractivity contribution is 4.85. The molecule has 1 aliphatic heterocycles. The SMILES string of the molecule is CN1CCC(CN(C)CC2(O)CCCCC2)CC1. The summed E-state index contributed by atoms with van der Waals surface area (Å²) in [5.41, 5.74) is -0.390. The van der Waals surface area contributed by atoms with Crippen molar-refractivity contribution in [2.75, 3.05) is 40.3 Å². The molecule has 0 atom stereocenters. The lowest BCUT2D eigenvalue weighted by Crippen LogP contribution is -2.45. The quantitative estimate of drug-likeness (QED) is 0.831. The van der Waals surface area contributed by atoms with E-state index in [1.54, 1.807) is 0 Å². The van der Waals surface area contributed by atoms with Crippen LogP contribution in [0.1, 0.15) is 44.9 Å². The lowest BCUT2D eigenvalue weighted by atomic mass is 9.84. The van der Waals surface area contributed by atoms with Gasteiger partial charge in [-0.05, 0) is 58.8 Å². The minimum absolute atomic E-state index is 0.390. The second-order valence-corrected chi connectivity index (χ2v) is 6.73. The maximum atomic E-state index is 10.6. The molecule has 0 bridgehead atoms. The van der Waals surface area contributed by atoms with Crippen LogP contribution in [0, 0.1) is 5.92 Å². The molecular weight excluding hydrogens is 224 g/mol. The zero-order chi connectivity index (χ0) is 13.0. The molecule has 2 rings (SSSR count). The minimum Gasteiger partial charge on any atom is -0.389 e. The van der Waals surface area contributed by atoms with Crippen molar-refractivity contribution < 1.29 is 5.11 Å². The molecule has 0 amide bonds. The van der Waals surface area contributed by atoms with Gasteiger partial charge in [0, 0.05) is 13.1 Å². The summed E-state index contributed by atoms with van der Waals surface area (Å²) in [4.78, 5) is 4.80. The first kappa shape index (κ1) is 14.3. The predicted octanol–water partition coefficient (Wildman–Crippen LogP) is 1.96. The van der Waals surface area contributed by atoms with Gasteiger partial charge in [0.2, 0.25) is 0 Å². The van der Waals surface area contributed by atoms with Crippen molar-refractivity contribution in [2.24, 2.45) is 5.92 Å². The molecule has 0 radical (unpaired) electrons. The van der Waals surface area contributed by atoms with E-state index in [4.69, 9.17) is 0 Å². The number of likely N-dealkylation sites (tertiary alicyclic amines) is 1. The molecular formula is C15H30N2O. The highest BCUT2D eigenvalue weighted by Crippen LogP contribution is 2.29. The third-order valence-electron chi connectivity index (χ3n) is 4.76. The van der Waals surface area contributed by atoms with Crippen molar-refractivity contribution in [3.63, 3.8) is 0 Å². The fourth-order valence-electron chi connectivity index (χ4n) is 3.62. The third kappa shape index (κ3) is 4.22. The van der Waals surface area contributed by atoms with Gasteiger partial charge in [-0.15, -0.1) is 0 Å². The average Bonchev–Trinajstić information content (AvgIpc) is 2.32. The maximum absolute atomic E-state index is 10.6. The Kier molecular flexibility index (Phi) is 5.05. The Morgan fingerprint density at radius 1 is 1.17 bits per heavy atom. The second-order valence-electron chi connectivity index (χ2n) is 6.73. The molecule has 0 aromatic heterocycles. The van der Waals surface area contributed by atoms with Crippen molar-refractivity contribution in [3.8, 4) is 0 Å². The van der Waals surface area contributed by atoms with Gasteiger partial charge in [-0.2, -0.15) is 0 Å². The van der Waals surface area contributed by atoms with Crippen LogP contribution in [0.25, 0.3) is 0 Å². The molecule has 1 heterocycles. The zero-order valence-electron chi connectivity index (χ0n) is 12.2. The summed E-state index contributed by atoms with van der Waals surface area (Å²) in [5.74, 6) is 0.832. The first-order valence-corrected chi connectivity index (χ1v) is 7.67. The molecule has 2 aliphatic rings. The van der Waals surface area contributed by atoms with Crippen molar-refractivity contribution in [1.29, 1.82) is 0 Å². The Morgan fingerprint density at radius 2 is 1.78 bits per heavy atom. The minimum atomic E-state index is -0.390. The van der Waals surface area contributed by atoms with E-state index >= 15 is 0 Å². The fraction of sp³-hybridized carbons (Fsp3) is 1.00. The lowest BCUT2D eigenvalue weighted by Gasteiger charge is -2.38. The first-order valence-electron chi connectivity index (χ1n) is 7.67. The van der Waals surface area contributed by atoms with Gasteiger partial charge in [0.25, 0.3) is 0 Å². The van der Waals surface area contributed by atoms with Crippen LogP contribution >= 0.6 is 0 Å². The van der Waals surface area contributed by atoms with E-state index in [1.165, 1.54) is 45.2 Å². The van der Waals surface area contributed by atoms with Crippen molar-refractivity contribution in [1.82, 2.24) is 9.80 Å². The summed E-state index contributed by atoms with van der Waals surface area (Å²) in [6, 6.07) is 0. The number of nitrogens with zero attached hydrogens (tertiary/aromatic N) is 2. The third-order valence-corrected chi connectivity index (χ3v) is 4.76. The van der Waals surface area contributed by atoms with E-state index in [2.05, 4.69) is 23.9 Å². The second kappa shape index (κ2) is 6.36. The van der Waals surface area contributed by atoms with Crippen LogP contribution < -0.4 is 0 Å². The van der Waals surface area contributed by atoms with Crippen LogP contribution in [0.15, 0.2) is 0 Å². The van der Waals surface area contributed by atoms with Gasteiger partial charge in [0.1, 0.15) is 0 Å². The lowest BCUT2D eigenvalue weighted by molar-refractivity contribution is -0.0247. The smallest absolute Gasteiger partial charge is 0.0774 e. The average molecular weight is 254 g/mol. The van der Waals surface area contributed by atoms with Gasteiger partial charge in [0.15, 0.2) is 0 Å².